The van der Waals surface area contributed by atoms with Gasteiger partial charge in [0.05, 0.1) is 0 Å². The smallest absolute Gasteiger partial charge is 0.251 e. The third-order valence-electron chi connectivity index (χ3n) is 2.70. The topological polar surface area (TPSA) is 65.5 Å². The van der Waals surface area contributed by atoms with Gasteiger partial charge >= 0.3 is 0 Å². The summed E-state index contributed by atoms with van der Waals surface area (Å²) >= 11 is 1.79. The zero-order valence-electron chi connectivity index (χ0n) is 12.2. The number of nitrogens with zero attached hydrogens (tertiary/aromatic N) is 1. The first-order valence-corrected chi connectivity index (χ1v) is 7.85. The molecule has 1 aromatic rings. The second-order valence-electron chi connectivity index (χ2n) is 4.12. The van der Waals surface area contributed by atoms with Gasteiger partial charge in [0.1, 0.15) is 0 Å². The number of hydrogen-bond acceptors (Lipinski definition) is 3. The zero-order valence-corrected chi connectivity index (χ0v) is 13.0. The molecule has 20 heavy (non-hydrogen) atoms. The van der Waals surface area contributed by atoms with E-state index in [2.05, 4.69) is 27.2 Å². The van der Waals surface area contributed by atoms with Crippen molar-refractivity contribution in [2.75, 3.05) is 32.6 Å². The first-order valence-electron chi connectivity index (χ1n) is 6.45. The third kappa shape index (κ3) is 5.52. The molecule has 110 valence electrons. The van der Waals surface area contributed by atoms with E-state index < -0.39 is 0 Å². The number of hydrogen-bond donors (Lipinski definition) is 3. The fourth-order valence-electron chi connectivity index (χ4n) is 1.64. The maximum Gasteiger partial charge on any atom is 0.251 e. The molecule has 0 fully saturated rings. The first-order chi connectivity index (χ1) is 9.71. The Hall–Kier alpha value is -1.69. The molecule has 0 unspecified atom stereocenters. The SMILES string of the molecule is CN=C(NCCSC)NCc1cccc(C(=O)NC)c1. The number of amides is 1. The van der Waals surface area contributed by atoms with E-state index in [4.69, 9.17) is 0 Å². The van der Waals surface area contributed by atoms with Crippen molar-refractivity contribution in [2.24, 2.45) is 4.99 Å². The van der Waals surface area contributed by atoms with Crippen LogP contribution in [0.2, 0.25) is 0 Å². The Morgan fingerprint density at radius 1 is 1.35 bits per heavy atom. The number of carbonyl (C=O) groups is 1. The summed E-state index contributed by atoms with van der Waals surface area (Å²) in [5.41, 5.74) is 1.70. The standard InChI is InChI=1S/C14H22N4OS/c1-15-13(19)12-6-4-5-11(9-12)10-18-14(16-2)17-7-8-20-3/h4-6,9H,7-8,10H2,1-3H3,(H,15,19)(H2,16,17,18). The zero-order chi connectivity index (χ0) is 14.8. The Morgan fingerprint density at radius 2 is 2.15 bits per heavy atom. The van der Waals surface area contributed by atoms with Crippen LogP contribution in [-0.2, 0) is 6.54 Å². The summed E-state index contributed by atoms with van der Waals surface area (Å²) in [6.45, 7) is 1.50. The van der Waals surface area contributed by atoms with Crippen molar-refractivity contribution in [2.45, 2.75) is 6.54 Å². The lowest BCUT2D eigenvalue weighted by Gasteiger charge is -2.12. The van der Waals surface area contributed by atoms with Gasteiger partial charge in [-0.15, -0.1) is 0 Å². The molecule has 1 aromatic carbocycles. The number of thioether (sulfide) groups is 1. The van der Waals surface area contributed by atoms with E-state index in [0.29, 0.717) is 12.1 Å². The van der Waals surface area contributed by atoms with Gasteiger partial charge < -0.3 is 16.0 Å². The maximum absolute atomic E-state index is 11.6. The largest absolute Gasteiger partial charge is 0.356 e. The van der Waals surface area contributed by atoms with Crippen LogP contribution in [-0.4, -0.2) is 44.5 Å². The summed E-state index contributed by atoms with van der Waals surface area (Å²) in [6, 6.07) is 7.54. The van der Waals surface area contributed by atoms with E-state index in [0.717, 1.165) is 23.8 Å². The number of guanidine groups is 1. The second kappa shape index (κ2) is 9.25. The van der Waals surface area contributed by atoms with Crippen LogP contribution in [0.4, 0.5) is 0 Å². The molecule has 0 saturated heterocycles. The molecule has 0 aliphatic carbocycles. The van der Waals surface area contributed by atoms with Gasteiger partial charge in [-0.3, -0.25) is 9.79 Å². The van der Waals surface area contributed by atoms with Gasteiger partial charge in [-0.25, -0.2) is 0 Å². The van der Waals surface area contributed by atoms with Crippen molar-refractivity contribution in [1.82, 2.24) is 16.0 Å². The third-order valence-corrected chi connectivity index (χ3v) is 3.31. The molecule has 1 amide bonds. The summed E-state index contributed by atoms with van der Waals surface area (Å²) in [5, 5.41) is 9.08. The van der Waals surface area contributed by atoms with Crippen LogP contribution in [0.25, 0.3) is 0 Å². The van der Waals surface area contributed by atoms with Crippen LogP contribution in [0.5, 0.6) is 0 Å². The molecular formula is C14H22N4OS. The highest BCUT2D eigenvalue weighted by Crippen LogP contribution is 2.05. The summed E-state index contributed by atoms with van der Waals surface area (Å²) in [6.07, 6.45) is 2.07. The van der Waals surface area contributed by atoms with Gasteiger partial charge in [0.2, 0.25) is 0 Å². The van der Waals surface area contributed by atoms with Gasteiger partial charge in [-0.05, 0) is 24.0 Å². The van der Waals surface area contributed by atoms with E-state index in [9.17, 15) is 4.79 Å². The highest BCUT2D eigenvalue weighted by Gasteiger charge is 2.04. The molecule has 0 aliphatic heterocycles. The minimum Gasteiger partial charge on any atom is -0.356 e. The maximum atomic E-state index is 11.6. The Kier molecular flexibility index (Phi) is 7.57. The van der Waals surface area contributed by atoms with Crippen LogP contribution >= 0.6 is 11.8 Å². The predicted molar refractivity (Wildman–Crippen MR) is 86.4 cm³/mol. The van der Waals surface area contributed by atoms with Crippen molar-refractivity contribution in [3.8, 4) is 0 Å². The number of benzene rings is 1. The minimum atomic E-state index is -0.0747. The molecule has 0 saturated carbocycles. The summed E-state index contributed by atoms with van der Waals surface area (Å²) in [5.74, 6) is 1.73. The van der Waals surface area contributed by atoms with Crippen LogP contribution < -0.4 is 16.0 Å². The molecule has 0 aromatic heterocycles. The Labute approximate surface area is 124 Å². The molecule has 5 nitrogen and oxygen atoms in total. The fourth-order valence-corrected chi connectivity index (χ4v) is 1.95. The van der Waals surface area contributed by atoms with Crippen molar-refractivity contribution < 1.29 is 4.79 Å². The lowest BCUT2D eigenvalue weighted by Crippen LogP contribution is -2.37. The first kappa shape index (κ1) is 16.4. The number of rotatable bonds is 6. The lowest BCUT2D eigenvalue weighted by atomic mass is 10.1. The van der Waals surface area contributed by atoms with Gasteiger partial charge in [0, 0.05) is 38.5 Å². The van der Waals surface area contributed by atoms with Crippen LogP contribution in [0, 0.1) is 0 Å². The summed E-state index contributed by atoms with van der Waals surface area (Å²) in [7, 11) is 3.38. The molecule has 3 N–H and O–H groups in total. The van der Waals surface area contributed by atoms with Gasteiger partial charge in [0.15, 0.2) is 5.96 Å². The number of nitrogens with one attached hydrogen (secondary N) is 3. The summed E-state index contributed by atoms with van der Waals surface area (Å²) in [4.78, 5) is 15.7. The summed E-state index contributed by atoms with van der Waals surface area (Å²) < 4.78 is 0. The monoisotopic (exact) mass is 294 g/mol. The van der Waals surface area contributed by atoms with Crippen molar-refractivity contribution in [3.05, 3.63) is 35.4 Å². The molecule has 0 bridgehead atoms. The van der Waals surface area contributed by atoms with Crippen LogP contribution in [0.1, 0.15) is 15.9 Å². The molecule has 0 radical (unpaired) electrons. The molecule has 6 heteroatoms. The van der Waals surface area contributed by atoms with Gasteiger partial charge in [-0.2, -0.15) is 11.8 Å². The molecule has 0 aliphatic rings. The molecular weight excluding hydrogens is 272 g/mol. The quantitative estimate of drug-likeness (QED) is 0.417. The Morgan fingerprint density at radius 3 is 2.80 bits per heavy atom. The molecule has 0 heterocycles. The second-order valence-corrected chi connectivity index (χ2v) is 5.11. The van der Waals surface area contributed by atoms with E-state index in [1.165, 1.54) is 0 Å². The number of carbonyl (C=O) groups excluding carboxylic acids is 1. The van der Waals surface area contributed by atoms with Gasteiger partial charge in [0.25, 0.3) is 5.91 Å². The Balaban J connectivity index is 2.54. The average molecular weight is 294 g/mol. The molecule has 1 rings (SSSR count). The van der Waals surface area contributed by atoms with Crippen LogP contribution in [0.3, 0.4) is 0 Å². The van der Waals surface area contributed by atoms with E-state index in [-0.39, 0.29) is 5.91 Å². The van der Waals surface area contributed by atoms with E-state index in [1.54, 1.807) is 31.9 Å². The van der Waals surface area contributed by atoms with Crippen molar-refractivity contribution in [3.63, 3.8) is 0 Å². The average Bonchev–Trinajstić information content (AvgIpc) is 2.50. The molecule has 0 spiro atoms. The predicted octanol–water partition coefficient (Wildman–Crippen LogP) is 1.07. The van der Waals surface area contributed by atoms with E-state index in [1.807, 2.05) is 18.2 Å². The fraction of sp³-hybridized carbons (Fsp3) is 0.429. The minimum absolute atomic E-state index is 0.0747. The highest BCUT2D eigenvalue weighted by atomic mass is 32.2. The number of aliphatic imine (C=N–C) groups is 1. The normalized spacial score (nSPS) is 11.1. The lowest BCUT2D eigenvalue weighted by molar-refractivity contribution is 0.0963. The van der Waals surface area contributed by atoms with Crippen LogP contribution in [0.15, 0.2) is 29.3 Å². The Bertz CT molecular complexity index is 462. The van der Waals surface area contributed by atoms with E-state index >= 15 is 0 Å². The van der Waals surface area contributed by atoms with Crippen molar-refractivity contribution in [1.29, 1.82) is 0 Å². The molecule has 0 atom stereocenters. The van der Waals surface area contributed by atoms with Crippen molar-refractivity contribution >= 4 is 23.6 Å². The highest BCUT2D eigenvalue weighted by molar-refractivity contribution is 7.98. The van der Waals surface area contributed by atoms with Gasteiger partial charge in [-0.1, -0.05) is 12.1 Å².